The summed E-state index contributed by atoms with van der Waals surface area (Å²) in [4.78, 5) is 26.8. The molecule has 2 aliphatic heterocycles. The molecule has 1 aromatic heterocycles. The predicted octanol–water partition coefficient (Wildman–Crippen LogP) is 4.51. The predicted molar refractivity (Wildman–Crippen MR) is 143 cm³/mol. The Hall–Kier alpha value is -3.77. The van der Waals surface area contributed by atoms with E-state index in [9.17, 15) is 26.7 Å². The molecule has 1 fully saturated rings. The Morgan fingerprint density at radius 3 is 2.70 bits per heavy atom. The van der Waals surface area contributed by atoms with E-state index in [0.717, 1.165) is 17.2 Å². The van der Waals surface area contributed by atoms with Gasteiger partial charge in [-0.05, 0) is 37.3 Å². The first kappa shape index (κ1) is 30.8. The van der Waals surface area contributed by atoms with E-state index in [-0.39, 0.29) is 41.6 Å². The molecule has 0 spiro atoms. The number of aliphatic imine (C=N–C) groups is 2. The summed E-state index contributed by atoms with van der Waals surface area (Å²) in [5.41, 5.74) is 5.46. The van der Waals surface area contributed by atoms with Gasteiger partial charge in [-0.2, -0.15) is 13.2 Å². The van der Waals surface area contributed by atoms with Crippen LogP contribution in [0.2, 0.25) is 0 Å². The third-order valence-corrected chi connectivity index (χ3v) is 6.60. The summed E-state index contributed by atoms with van der Waals surface area (Å²) in [6.07, 6.45) is 0.950. The van der Waals surface area contributed by atoms with Gasteiger partial charge in [0, 0.05) is 44.1 Å². The number of carbonyl (C=O) groups is 1. The number of likely N-dealkylation sites (tertiary alicyclic amines) is 1. The number of ether oxygens (including phenoxy) is 1. The summed E-state index contributed by atoms with van der Waals surface area (Å²) >= 11 is 0. The molecule has 1 amide bonds. The van der Waals surface area contributed by atoms with E-state index >= 15 is 0 Å². The lowest BCUT2D eigenvalue weighted by Gasteiger charge is -2.43. The van der Waals surface area contributed by atoms with Crippen molar-refractivity contribution in [3.8, 4) is 5.88 Å². The van der Waals surface area contributed by atoms with Crippen LogP contribution < -0.4 is 15.8 Å². The second kappa shape index (κ2) is 13.1. The number of aromatic nitrogens is 1. The SMILES string of the molecule is CN=CC(=C(N)C(=O)N1CC(F)(F)C[C@@H](C)C1CNC1=CCCC/C=C(\C(F)(F)F)C=N1)c1cccc(OC)n1. The van der Waals surface area contributed by atoms with Crippen molar-refractivity contribution >= 4 is 23.9 Å². The van der Waals surface area contributed by atoms with Gasteiger partial charge in [-0.25, -0.2) is 18.8 Å². The van der Waals surface area contributed by atoms with Crippen molar-refractivity contribution in [3.05, 3.63) is 53.1 Å². The molecule has 218 valence electrons. The molecule has 40 heavy (non-hydrogen) atoms. The number of nitrogens with two attached hydrogens (primary N) is 1. The molecule has 0 radical (unpaired) electrons. The fourth-order valence-corrected chi connectivity index (χ4v) is 4.60. The number of allylic oxidation sites excluding steroid dienone is 4. The highest BCUT2D eigenvalue weighted by Gasteiger charge is 2.46. The van der Waals surface area contributed by atoms with Crippen molar-refractivity contribution < 1.29 is 31.5 Å². The molecule has 8 nitrogen and oxygen atoms in total. The van der Waals surface area contributed by atoms with E-state index in [1.54, 1.807) is 31.2 Å². The van der Waals surface area contributed by atoms with Gasteiger partial charge in [0.25, 0.3) is 11.8 Å². The van der Waals surface area contributed by atoms with Gasteiger partial charge in [0.1, 0.15) is 11.5 Å². The van der Waals surface area contributed by atoms with Crippen molar-refractivity contribution in [1.82, 2.24) is 15.2 Å². The smallest absolute Gasteiger partial charge is 0.417 e. The number of amides is 1. The molecule has 0 saturated carbocycles. The quantitative estimate of drug-likeness (QED) is 0.286. The molecular weight excluding hydrogens is 535 g/mol. The Morgan fingerprint density at radius 1 is 1.30 bits per heavy atom. The summed E-state index contributed by atoms with van der Waals surface area (Å²) in [5.74, 6) is -4.25. The zero-order chi connectivity index (χ0) is 29.5. The van der Waals surface area contributed by atoms with Gasteiger partial charge < -0.3 is 20.7 Å². The molecule has 3 rings (SSSR count). The first-order chi connectivity index (χ1) is 18.9. The van der Waals surface area contributed by atoms with Gasteiger partial charge in [-0.15, -0.1) is 0 Å². The summed E-state index contributed by atoms with van der Waals surface area (Å²) in [6, 6.07) is 4.05. The van der Waals surface area contributed by atoms with Crippen LogP contribution in [0, 0.1) is 5.92 Å². The highest BCUT2D eigenvalue weighted by molar-refractivity contribution is 6.18. The summed E-state index contributed by atoms with van der Waals surface area (Å²) < 4.78 is 74.3. The van der Waals surface area contributed by atoms with Crippen molar-refractivity contribution in [1.29, 1.82) is 0 Å². The van der Waals surface area contributed by atoms with Gasteiger partial charge in [0.15, 0.2) is 0 Å². The van der Waals surface area contributed by atoms with Crippen LogP contribution in [0.25, 0.3) is 5.57 Å². The number of piperidine rings is 1. The Labute approximate surface area is 229 Å². The number of nitrogens with one attached hydrogen (secondary N) is 1. The molecule has 2 aliphatic rings. The van der Waals surface area contributed by atoms with Crippen LogP contribution in [-0.4, -0.2) is 73.6 Å². The van der Waals surface area contributed by atoms with Crippen LogP contribution in [0.3, 0.4) is 0 Å². The van der Waals surface area contributed by atoms with Crippen molar-refractivity contribution in [3.63, 3.8) is 0 Å². The van der Waals surface area contributed by atoms with E-state index in [2.05, 4.69) is 20.3 Å². The van der Waals surface area contributed by atoms with Crippen LogP contribution >= 0.6 is 0 Å². The molecule has 0 aromatic carbocycles. The fourth-order valence-electron chi connectivity index (χ4n) is 4.60. The Balaban J connectivity index is 1.91. The summed E-state index contributed by atoms with van der Waals surface area (Å²) in [6.45, 7) is 0.677. The lowest BCUT2D eigenvalue weighted by Crippen LogP contribution is -2.59. The van der Waals surface area contributed by atoms with E-state index in [1.807, 2.05) is 0 Å². The van der Waals surface area contributed by atoms with Gasteiger partial charge in [-0.3, -0.25) is 9.79 Å². The second-order valence-corrected chi connectivity index (χ2v) is 9.63. The number of nitrogens with zero attached hydrogens (tertiary/aromatic N) is 4. The molecule has 0 bridgehead atoms. The van der Waals surface area contributed by atoms with Crippen molar-refractivity contribution in [2.24, 2.45) is 21.6 Å². The third kappa shape index (κ3) is 7.89. The first-order valence-electron chi connectivity index (χ1n) is 12.7. The van der Waals surface area contributed by atoms with E-state index < -0.39 is 48.5 Å². The number of carbonyl (C=O) groups excluding carboxylic acids is 1. The minimum absolute atomic E-state index is 0.0287. The maximum absolute atomic E-state index is 14.7. The van der Waals surface area contributed by atoms with Crippen LogP contribution in [-0.2, 0) is 4.79 Å². The topological polar surface area (TPSA) is 105 Å². The van der Waals surface area contributed by atoms with E-state index in [4.69, 9.17) is 10.5 Å². The molecular formula is C27H33F5N6O2. The lowest BCUT2D eigenvalue weighted by atomic mass is 9.88. The van der Waals surface area contributed by atoms with Crippen molar-refractivity contribution in [2.45, 2.75) is 50.7 Å². The van der Waals surface area contributed by atoms with Gasteiger partial charge in [0.2, 0.25) is 5.88 Å². The Morgan fingerprint density at radius 2 is 2.02 bits per heavy atom. The monoisotopic (exact) mass is 568 g/mol. The largest absolute Gasteiger partial charge is 0.481 e. The molecule has 2 atom stereocenters. The van der Waals surface area contributed by atoms with Crippen LogP contribution in [0.4, 0.5) is 22.0 Å². The van der Waals surface area contributed by atoms with Crippen LogP contribution in [0.5, 0.6) is 5.88 Å². The van der Waals surface area contributed by atoms with Gasteiger partial charge in [-0.1, -0.05) is 19.1 Å². The molecule has 1 aromatic rings. The lowest BCUT2D eigenvalue weighted by molar-refractivity contribution is -0.148. The third-order valence-electron chi connectivity index (χ3n) is 6.60. The fraction of sp³-hybridized carbons (Fsp3) is 0.481. The van der Waals surface area contributed by atoms with Gasteiger partial charge in [0.05, 0.1) is 31.0 Å². The summed E-state index contributed by atoms with van der Waals surface area (Å²) in [5, 5.41) is 2.96. The Kier molecular flexibility index (Phi) is 10.0. The van der Waals surface area contributed by atoms with Gasteiger partial charge >= 0.3 is 6.18 Å². The number of halogens is 5. The van der Waals surface area contributed by atoms with Crippen molar-refractivity contribution in [2.75, 3.05) is 27.2 Å². The number of alkyl halides is 5. The second-order valence-electron chi connectivity index (χ2n) is 9.63. The minimum atomic E-state index is -4.55. The minimum Gasteiger partial charge on any atom is -0.481 e. The zero-order valence-corrected chi connectivity index (χ0v) is 22.5. The summed E-state index contributed by atoms with van der Waals surface area (Å²) in [7, 11) is 2.89. The highest BCUT2D eigenvalue weighted by atomic mass is 19.4. The van der Waals surface area contributed by atoms with Crippen LogP contribution in [0.1, 0.15) is 38.3 Å². The molecule has 3 N–H and O–H groups in total. The number of pyridine rings is 1. The number of methoxy groups -OCH3 is 1. The Bertz CT molecular complexity index is 1220. The molecule has 0 aliphatic carbocycles. The zero-order valence-electron chi connectivity index (χ0n) is 22.5. The van der Waals surface area contributed by atoms with E-state index in [1.165, 1.54) is 20.4 Å². The first-order valence-corrected chi connectivity index (χ1v) is 12.7. The average Bonchev–Trinajstić information content (AvgIpc) is 3.01. The maximum atomic E-state index is 14.7. The van der Waals surface area contributed by atoms with Crippen LogP contribution in [0.15, 0.2) is 57.4 Å². The average molecular weight is 569 g/mol. The maximum Gasteiger partial charge on any atom is 0.417 e. The normalized spacial score (nSPS) is 23.8. The van der Waals surface area contributed by atoms with E-state index in [0.29, 0.717) is 12.8 Å². The molecule has 1 saturated heterocycles. The molecule has 1 unspecified atom stereocenters. The number of hydrogen-bond acceptors (Lipinski definition) is 7. The molecule has 13 heteroatoms. The highest BCUT2D eigenvalue weighted by Crippen LogP contribution is 2.35. The number of rotatable bonds is 7. The number of hydrogen-bond donors (Lipinski definition) is 2. The standard InChI is InChI=1S/C27H33F5N6O2/c1-17-12-26(28,29)16-38(25(39)24(33)19(14-34-2)20-9-7-11-23(37-20)40-3)21(17)15-36-22-10-6-4-5-8-18(13-35-22)27(30,31)32/h7-11,13-14,17,21,36H,4-6,12,15-16,33H2,1-3H3/b18-8-,22-10?,24-19?,34-14?,35-13?/t17-,21?/m1/s1. The molecule has 3 heterocycles.